The normalized spacial score (nSPS) is 16.5. The van der Waals surface area contributed by atoms with Gasteiger partial charge in [-0.3, -0.25) is 0 Å². The molecule has 0 amide bonds. The van der Waals surface area contributed by atoms with Crippen LogP contribution in [0.3, 0.4) is 0 Å². The zero-order valence-electron chi connectivity index (χ0n) is 11.2. The van der Waals surface area contributed by atoms with E-state index in [1.165, 1.54) is 32.1 Å². The molecule has 1 aromatic rings. The molecule has 2 rings (SSSR count). The van der Waals surface area contributed by atoms with Crippen LogP contribution in [0, 0.1) is 5.92 Å². The molecule has 1 aromatic heterocycles. The Hall–Kier alpha value is -1.32. The molecule has 0 atom stereocenters. The number of ether oxygens (including phenoxy) is 1. The monoisotopic (exact) mass is 249 g/mol. The molecule has 1 aliphatic rings. The van der Waals surface area contributed by atoms with Crippen LogP contribution in [0.25, 0.3) is 0 Å². The van der Waals surface area contributed by atoms with Gasteiger partial charge in [-0.2, -0.15) is 4.98 Å². The molecule has 0 radical (unpaired) electrons. The lowest BCUT2D eigenvalue weighted by Gasteiger charge is -2.21. The fourth-order valence-corrected chi connectivity index (χ4v) is 2.34. The van der Waals surface area contributed by atoms with E-state index in [0.717, 1.165) is 18.9 Å². The summed E-state index contributed by atoms with van der Waals surface area (Å²) in [6.07, 6.45) is 9.54. The summed E-state index contributed by atoms with van der Waals surface area (Å²) in [5, 5.41) is 3.33. The molecule has 1 fully saturated rings. The Morgan fingerprint density at radius 2 is 2.17 bits per heavy atom. The van der Waals surface area contributed by atoms with E-state index < -0.39 is 0 Å². The Balaban J connectivity index is 1.80. The van der Waals surface area contributed by atoms with Crippen LogP contribution in [0.15, 0.2) is 12.3 Å². The topological polar surface area (TPSA) is 47.0 Å². The molecule has 0 unspecified atom stereocenters. The predicted octanol–water partition coefficient (Wildman–Crippen LogP) is 3.26. The highest BCUT2D eigenvalue weighted by molar-refractivity contribution is 5.27. The molecular formula is C14H23N3O. The van der Waals surface area contributed by atoms with Gasteiger partial charge in [-0.1, -0.05) is 26.2 Å². The van der Waals surface area contributed by atoms with Crippen molar-refractivity contribution in [1.29, 1.82) is 0 Å². The van der Waals surface area contributed by atoms with Gasteiger partial charge in [0.1, 0.15) is 0 Å². The van der Waals surface area contributed by atoms with Crippen LogP contribution in [0.5, 0.6) is 5.88 Å². The van der Waals surface area contributed by atoms with Crippen LogP contribution >= 0.6 is 0 Å². The van der Waals surface area contributed by atoms with E-state index in [4.69, 9.17) is 4.74 Å². The average Bonchev–Trinajstić information content (AvgIpc) is 2.44. The molecule has 0 aromatic carbocycles. The smallest absolute Gasteiger partial charge is 0.225 e. The van der Waals surface area contributed by atoms with Crippen LogP contribution in [0.2, 0.25) is 0 Å². The lowest BCUT2D eigenvalue weighted by atomic mass is 9.89. The van der Waals surface area contributed by atoms with E-state index in [9.17, 15) is 0 Å². The molecule has 4 heteroatoms. The lowest BCUT2D eigenvalue weighted by molar-refractivity contribution is 0.305. The number of nitrogens with one attached hydrogen (secondary N) is 1. The minimum absolute atomic E-state index is 0.665. The van der Waals surface area contributed by atoms with Gasteiger partial charge in [-0.25, -0.2) is 4.98 Å². The van der Waals surface area contributed by atoms with Gasteiger partial charge in [0.15, 0.2) is 0 Å². The highest BCUT2D eigenvalue weighted by Gasteiger charge is 2.13. The van der Waals surface area contributed by atoms with Crippen LogP contribution in [0.4, 0.5) is 5.95 Å². The molecule has 4 nitrogen and oxygen atoms in total. The Labute approximate surface area is 109 Å². The Kier molecular flexibility index (Phi) is 5.24. The summed E-state index contributed by atoms with van der Waals surface area (Å²) in [5.41, 5.74) is 0. The fourth-order valence-electron chi connectivity index (χ4n) is 2.34. The average molecular weight is 249 g/mol. The Morgan fingerprint density at radius 3 is 2.94 bits per heavy atom. The van der Waals surface area contributed by atoms with Gasteiger partial charge in [0, 0.05) is 18.8 Å². The maximum atomic E-state index is 5.50. The summed E-state index contributed by atoms with van der Waals surface area (Å²) in [4.78, 5) is 8.58. The number of nitrogens with zero attached hydrogens (tertiary/aromatic N) is 2. The SMILES string of the molecule is CCCOc1ccnc(NCC2CCCCC2)n1. The van der Waals surface area contributed by atoms with E-state index in [1.807, 2.05) is 0 Å². The number of aromatic nitrogens is 2. The van der Waals surface area contributed by atoms with Crippen LogP contribution < -0.4 is 10.1 Å². The molecule has 100 valence electrons. The molecule has 0 bridgehead atoms. The maximum absolute atomic E-state index is 5.50. The first kappa shape index (κ1) is 13.1. The molecule has 0 spiro atoms. The molecule has 1 N–H and O–H groups in total. The predicted molar refractivity (Wildman–Crippen MR) is 72.9 cm³/mol. The van der Waals surface area contributed by atoms with E-state index >= 15 is 0 Å². The summed E-state index contributed by atoms with van der Waals surface area (Å²) >= 11 is 0. The first-order chi connectivity index (χ1) is 8.88. The zero-order valence-corrected chi connectivity index (χ0v) is 11.2. The first-order valence-corrected chi connectivity index (χ1v) is 7.08. The molecule has 1 heterocycles. The molecule has 0 aliphatic heterocycles. The molecule has 18 heavy (non-hydrogen) atoms. The summed E-state index contributed by atoms with van der Waals surface area (Å²) in [5.74, 6) is 2.13. The third-order valence-corrected chi connectivity index (χ3v) is 3.36. The van der Waals surface area contributed by atoms with E-state index in [1.54, 1.807) is 12.3 Å². The molecular weight excluding hydrogens is 226 g/mol. The third-order valence-electron chi connectivity index (χ3n) is 3.36. The van der Waals surface area contributed by atoms with Gasteiger partial charge in [0.2, 0.25) is 11.8 Å². The highest BCUT2D eigenvalue weighted by atomic mass is 16.5. The van der Waals surface area contributed by atoms with Gasteiger partial charge in [0.25, 0.3) is 0 Å². The Bertz CT molecular complexity index is 351. The Morgan fingerprint density at radius 1 is 1.33 bits per heavy atom. The van der Waals surface area contributed by atoms with E-state index in [0.29, 0.717) is 18.4 Å². The third kappa shape index (κ3) is 4.17. The van der Waals surface area contributed by atoms with Crippen molar-refractivity contribution >= 4 is 5.95 Å². The fraction of sp³-hybridized carbons (Fsp3) is 0.714. The highest BCUT2D eigenvalue weighted by Crippen LogP contribution is 2.23. The second kappa shape index (κ2) is 7.19. The van der Waals surface area contributed by atoms with E-state index in [-0.39, 0.29) is 0 Å². The van der Waals surface area contributed by atoms with Crippen molar-refractivity contribution in [2.45, 2.75) is 45.4 Å². The van der Waals surface area contributed by atoms with Gasteiger partial charge >= 0.3 is 0 Å². The second-order valence-corrected chi connectivity index (χ2v) is 4.95. The summed E-state index contributed by atoms with van der Waals surface area (Å²) in [6.45, 7) is 3.78. The standard InChI is InChI=1S/C14H23N3O/c1-2-10-18-13-8-9-15-14(17-13)16-11-12-6-4-3-5-7-12/h8-9,12H,2-7,10-11H2,1H3,(H,15,16,17). The van der Waals surface area contributed by atoms with Gasteiger partial charge in [-0.05, 0) is 25.2 Å². The second-order valence-electron chi connectivity index (χ2n) is 4.95. The number of rotatable bonds is 6. The van der Waals surface area contributed by atoms with Crippen LogP contribution in [-0.2, 0) is 0 Å². The van der Waals surface area contributed by atoms with Crippen LogP contribution in [-0.4, -0.2) is 23.1 Å². The number of anilines is 1. The molecule has 1 aliphatic carbocycles. The first-order valence-electron chi connectivity index (χ1n) is 7.08. The zero-order chi connectivity index (χ0) is 12.6. The largest absolute Gasteiger partial charge is 0.478 e. The van der Waals surface area contributed by atoms with Gasteiger partial charge in [0.05, 0.1) is 6.61 Å². The lowest BCUT2D eigenvalue weighted by Crippen LogP contribution is -2.18. The minimum Gasteiger partial charge on any atom is -0.478 e. The van der Waals surface area contributed by atoms with Gasteiger partial charge in [-0.15, -0.1) is 0 Å². The molecule has 0 saturated heterocycles. The van der Waals surface area contributed by atoms with E-state index in [2.05, 4.69) is 22.2 Å². The van der Waals surface area contributed by atoms with Crippen molar-refractivity contribution in [2.75, 3.05) is 18.5 Å². The maximum Gasteiger partial charge on any atom is 0.225 e. The van der Waals surface area contributed by atoms with Crippen molar-refractivity contribution in [3.05, 3.63) is 12.3 Å². The van der Waals surface area contributed by atoms with Crippen molar-refractivity contribution in [3.8, 4) is 5.88 Å². The van der Waals surface area contributed by atoms with Crippen LogP contribution in [0.1, 0.15) is 45.4 Å². The number of hydrogen-bond acceptors (Lipinski definition) is 4. The minimum atomic E-state index is 0.665. The van der Waals surface area contributed by atoms with Crippen molar-refractivity contribution in [1.82, 2.24) is 9.97 Å². The van der Waals surface area contributed by atoms with Gasteiger partial charge < -0.3 is 10.1 Å². The van der Waals surface area contributed by atoms with Crippen molar-refractivity contribution in [3.63, 3.8) is 0 Å². The summed E-state index contributed by atoms with van der Waals surface area (Å²) < 4.78 is 5.50. The number of hydrogen-bond donors (Lipinski definition) is 1. The van der Waals surface area contributed by atoms with Crippen molar-refractivity contribution < 1.29 is 4.74 Å². The van der Waals surface area contributed by atoms with Crippen molar-refractivity contribution in [2.24, 2.45) is 5.92 Å². The summed E-state index contributed by atoms with van der Waals surface area (Å²) in [7, 11) is 0. The molecule has 1 saturated carbocycles. The quantitative estimate of drug-likeness (QED) is 0.840. The summed E-state index contributed by atoms with van der Waals surface area (Å²) in [6, 6.07) is 1.81.